The molecule has 1 aromatic carbocycles. The SMILES string of the molecule is Cc1cc(C)n2nc(CC(=O)N3CCCc4c(N)cccc43)nc2n1.Cl. The summed E-state index contributed by atoms with van der Waals surface area (Å²) in [7, 11) is 0. The average Bonchev–Trinajstić information content (AvgIpc) is 2.97. The van der Waals surface area contributed by atoms with Gasteiger partial charge in [-0.05, 0) is 50.5 Å². The molecule has 0 saturated heterocycles. The van der Waals surface area contributed by atoms with E-state index >= 15 is 0 Å². The Morgan fingerprint density at radius 3 is 2.88 bits per heavy atom. The summed E-state index contributed by atoms with van der Waals surface area (Å²) in [5.41, 5.74) is 10.6. The number of benzene rings is 1. The van der Waals surface area contributed by atoms with Crippen molar-refractivity contribution >= 4 is 35.5 Å². The predicted octanol–water partition coefficient (Wildman–Crippen LogP) is 2.27. The van der Waals surface area contributed by atoms with E-state index in [1.165, 1.54) is 0 Å². The van der Waals surface area contributed by atoms with Gasteiger partial charge in [0, 0.05) is 29.3 Å². The van der Waals surface area contributed by atoms with Gasteiger partial charge in [0.2, 0.25) is 5.91 Å². The topological polar surface area (TPSA) is 89.4 Å². The van der Waals surface area contributed by atoms with Crippen LogP contribution in [0.3, 0.4) is 0 Å². The highest BCUT2D eigenvalue weighted by Crippen LogP contribution is 2.31. The summed E-state index contributed by atoms with van der Waals surface area (Å²) < 4.78 is 1.68. The van der Waals surface area contributed by atoms with Crippen LogP contribution in [0.25, 0.3) is 5.78 Å². The van der Waals surface area contributed by atoms with Gasteiger partial charge in [-0.25, -0.2) is 9.50 Å². The first kappa shape index (κ1) is 18.1. The Labute approximate surface area is 157 Å². The van der Waals surface area contributed by atoms with E-state index in [0.717, 1.165) is 41.2 Å². The number of rotatable bonds is 2. The van der Waals surface area contributed by atoms with Crippen LogP contribution in [-0.4, -0.2) is 32.0 Å². The number of anilines is 2. The van der Waals surface area contributed by atoms with E-state index in [1.54, 1.807) is 9.42 Å². The molecule has 2 N–H and O–H groups in total. The third-order valence-electron chi connectivity index (χ3n) is 4.56. The fourth-order valence-corrected chi connectivity index (χ4v) is 3.42. The van der Waals surface area contributed by atoms with Crippen LogP contribution in [0.15, 0.2) is 24.3 Å². The average molecular weight is 373 g/mol. The van der Waals surface area contributed by atoms with E-state index in [4.69, 9.17) is 5.73 Å². The Morgan fingerprint density at radius 1 is 1.27 bits per heavy atom. The zero-order valence-electron chi connectivity index (χ0n) is 14.8. The van der Waals surface area contributed by atoms with Crippen molar-refractivity contribution in [3.05, 3.63) is 47.0 Å². The second kappa shape index (κ2) is 6.92. The molecule has 0 radical (unpaired) electrons. The summed E-state index contributed by atoms with van der Waals surface area (Å²) in [6, 6.07) is 7.66. The Hall–Kier alpha value is -2.67. The molecule has 7 nitrogen and oxygen atoms in total. The number of nitrogens with zero attached hydrogens (tertiary/aromatic N) is 5. The number of aryl methyl sites for hydroxylation is 2. The Morgan fingerprint density at radius 2 is 2.08 bits per heavy atom. The highest BCUT2D eigenvalue weighted by Gasteiger charge is 2.25. The Kier molecular flexibility index (Phi) is 4.82. The second-order valence-electron chi connectivity index (χ2n) is 6.45. The Balaban J connectivity index is 0.00000196. The second-order valence-corrected chi connectivity index (χ2v) is 6.45. The molecule has 0 saturated carbocycles. The summed E-state index contributed by atoms with van der Waals surface area (Å²) >= 11 is 0. The number of carbonyl (C=O) groups is 1. The van der Waals surface area contributed by atoms with Crippen molar-refractivity contribution < 1.29 is 4.79 Å². The summed E-state index contributed by atoms with van der Waals surface area (Å²) in [5.74, 6) is 1.00. The molecule has 2 aromatic heterocycles. The maximum Gasteiger partial charge on any atom is 0.252 e. The summed E-state index contributed by atoms with van der Waals surface area (Å²) in [4.78, 5) is 23.4. The van der Waals surface area contributed by atoms with Crippen molar-refractivity contribution in [3.8, 4) is 0 Å². The summed E-state index contributed by atoms with van der Waals surface area (Å²) in [5, 5.41) is 4.43. The smallest absolute Gasteiger partial charge is 0.252 e. The lowest BCUT2D eigenvalue weighted by atomic mass is 9.99. The lowest BCUT2D eigenvalue weighted by Crippen LogP contribution is -2.37. The van der Waals surface area contributed by atoms with Gasteiger partial charge in [-0.1, -0.05) is 6.07 Å². The molecule has 8 heteroatoms. The van der Waals surface area contributed by atoms with E-state index < -0.39 is 0 Å². The zero-order chi connectivity index (χ0) is 17.6. The van der Waals surface area contributed by atoms with Crippen LogP contribution in [0.4, 0.5) is 11.4 Å². The fourth-order valence-electron chi connectivity index (χ4n) is 3.42. The first-order valence-corrected chi connectivity index (χ1v) is 8.40. The third kappa shape index (κ3) is 3.10. The molecule has 0 aliphatic carbocycles. The molecule has 0 atom stereocenters. The van der Waals surface area contributed by atoms with Crippen molar-refractivity contribution in [1.29, 1.82) is 0 Å². The number of aromatic nitrogens is 4. The summed E-state index contributed by atoms with van der Waals surface area (Å²) in [6.07, 6.45) is 1.96. The maximum atomic E-state index is 12.8. The number of fused-ring (bicyclic) bond motifs is 2. The molecule has 1 aliphatic heterocycles. The molecule has 4 rings (SSSR count). The lowest BCUT2D eigenvalue weighted by molar-refractivity contribution is -0.118. The molecule has 0 bridgehead atoms. The molecule has 1 amide bonds. The molecular weight excluding hydrogens is 352 g/mol. The minimum absolute atomic E-state index is 0. The first-order chi connectivity index (χ1) is 12.0. The molecule has 136 valence electrons. The zero-order valence-corrected chi connectivity index (χ0v) is 15.6. The number of nitrogens with two attached hydrogens (primary N) is 1. The molecule has 0 unspecified atom stereocenters. The van der Waals surface area contributed by atoms with Crippen LogP contribution in [0, 0.1) is 13.8 Å². The molecule has 0 fully saturated rings. The van der Waals surface area contributed by atoms with Crippen molar-refractivity contribution in [2.24, 2.45) is 0 Å². The van der Waals surface area contributed by atoms with Gasteiger partial charge in [0.1, 0.15) is 0 Å². The van der Waals surface area contributed by atoms with Crippen LogP contribution in [0.1, 0.15) is 29.2 Å². The molecular formula is C18H21ClN6O. The highest BCUT2D eigenvalue weighted by atomic mass is 35.5. The lowest BCUT2D eigenvalue weighted by Gasteiger charge is -2.30. The maximum absolute atomic E-state index is 12.8. The van der Waals surface area contributed by atoms with E-state index in [2.05, 4.69) is 15.1 Å². The number of hydrogen-bond donors (Lipinski definition) is 1. The van der Waals surface area contributed by atoms with Gasteiger partial charge in [-0.15, -0.1) is 17.5 Å². The van der Waals surface area contributed by atoms with Crippen LogP contribution in [-0.2, 0) is 17.6 Å². The number of halogens is 1. The Bertz CT molecular complexity index is 983. The van der Waals surface area contributed by atoms with Gasteiger partial charge in [0.15, 0.2) is 5.82 Å². The number of carbonyl (C=O) groups excluding carboxylic acids is 1. The number of nitrogen functional groups attached to an aromatic ring is 1. The summed E-state index contributed by atoms with van der Waals surface area (Å²) in [6.45, 7) is 4.56. The number of hydrogen-bond acceptors (Lipinski definition) is 5. The van der Waals surface area contributed by atoms with E-state index in [1.807, 2.05) is 38.1 Å². The van der Waals surface area contributed by atoms with Crippen molar-refractivity contribution in [3.63, 3.8) is 0 Å². The quantitative estimate of drug-likeness (QED) is 0.697. The van der Waals surface area contributed by atoms with Gasteiger partial charge in [-0.2, -0.15) is 4.98 Å². The minimum Gasteiger partial charge on any atom is -0.398 e. The van der Waals surface area contributed by atoms with Crippen molar-refractivity contribution in [2.75, 3.05) is 17.2 Å². The standard InChI is InChI=1S/C18H20N6O.ClH/c1-11-9-12(2)24-18(20-11)21-16(22-24)10-17(25)23-8-4-5-13-14(19)6-3-7-15(13)23;/h3,6-7,9H,4-5,8,10,19H2,1-2H3;1H. The van der Waals surface area contributed by atoms with Gasteiger partial charge in [0.05, 0.1) is 6.42 Å². The first-order valence-electron chi connectivity index (χ1n) is 8.40. The van der Waals surface area contributed by atoms with Crippen molar-refractivity contribution in [2.45, 2.75) is 33.1 Å². The normalized spacial score (nSPS) is 13.4. The van der Waals surface area contributed by atoms with Gasteiger partial charge < -0.3 is 10.6 Å². The van der Waals surface area contributed by atoms with E-state index in [0.29, 0.717) is 18.1 Å². The fraction of sp³-hybridized carbons (Fsp3) is 0.333. The van der Waals surface area contributed by atoms with Crippen LogP contribution >= 0.6 is 12.4 Å². The highest BCUT2D eigenvalue weighted by molar-refractivity contribution is 5.96. The van der Waals surface area contributed by atoms with Crippen LogP contribution in [0.2, 0.25) is 0 Å². The van der Waals surface area contributed by atoms with Gasteiger partial charge >= 0.3 is 0 Å². The molecule has 0 spiro atoms. The minimum atomic E-state index is -0.0168. The third-order valence-corrected chi connectivity index (χ3v) is 4.56. The monoisotopic (exact) mass is 372 g/mol. The largest absolute Gasteiger partial charge is 0.398 e. The van der Waals surface area contributed by atoms with Gasteiger partial charge in [0.25, 0.3) is 5.78 Å². The predicted molar refractivity (Wildman–Crippen MR) is 103 cm³/mol. The molecule has 3 heterocycles. The van der Waals surface area contributed by atoms with Crippen LogP contribution < -0.4 is 10.6 Å². The van der Waals surface area contributed by atoms with Crippen LogP contribution in [0.5, 0.6) is 0 Å². The molecule has 3 aromatic rings. The van der Waals surface area contributed by atoms with E-state index in [-0.39, 0.29) is 24.7 Å². The molecule has 1 aliphatic rings. The van der Waals surface area contributed by atoms with E-state index in [9.17, 15) is 4.79 Å². The van der Waals surface area contributed by atoms with Gasteiger partial charge in [-0.3, -0.25) is 4.79 Å². The van der Waals surface area contributed by atoms with Crippen molar-refractivity contribution in [1.82, 2.24) is 19.6 Å². The number of amides is 1. The molecule has 26 heavy (non-hydrogen) atoms.